The molecule has 132 valence electrons. The molecule has 0 unspecified atom stereocenters. The largest absolute Gasteiger partial charge is 0.435 e. The molecule has 0 saturated heterocycles. The normalized spacial score (nSPS) is 14.5. The minimum absolute atomic E-state index is 0.209. The number of nitrogens with zero attached hydrogens (tertiary/aromatic N) is 3. The van der Waals surface area contributed by atoms with Gasteiger partial charge < -0.3 is 5.32 Å². The first kappa shape index (κ1) is 17.5. The number of halogens is 3. The SMILES string of the molecule is Cn1nc(C(F)(F)F)cc1C(=O)Nc1sc2c(c1C#N)CCCCC2. The molecule has 1 N–H and O–H groups in total. The third-order valence-electron chi connectivity index (χ3n) is 4.16. The van der Waals surface area contributed by atoms with Crippen LogP contribution in [0.15, 0.2) is 6.07 Å². The minimum Gasteiger partial charge on any atom is -0.311 e. The van der Waals surface area contributed by atoms with Gasteiger partial charge in [0, 0.05) is 18.0 Å². The lowest BCUT2D eigenvalue weighted by Crippen LogP contribution is -2.16. The average molecular weight is 368 g/mol. The van der Waals surface area contributed by atoms with Gasteiger partial charge in [-0.2, -0.15) is 23.5 Å². The maximum Gasteiger partial charge on any atom is 0.435 e. The fourth-order valence-electron chi connectivity index (χ4n) is 2.93. The molecule has 2 aromatic heterocycles. The van der Waals surface area contributed by atoms with Crippen LogP contribution in [0.3, 0.4) is 0 Å². The Bertz CT molecular complexity index is 860. The van der Waals surface area contributed by atoms with Gasteiger partial charge in [-0.05, 0) is 31.2 Å². The molecule has 2 aromatic rings. The number of amides is 1. The van der Waals surface area contributed by atoms with Crippen molar-refractivity contribution < 1.29 is 18.0 Å². The first-order valence-corrected chi connectivity index (χ1v) is 8.60. The van der Waals surface area contributed by atoms with Gasteiger partial charge in [-0.1, -0.05) is 6.42 Å². The van der Waals surface area contributed by atoms with E-state index >= 15 is 0 Å². The van der Waals surface area contributed by atoms with E-state index in [-0.39, 0.29) is 5.69 Å². The van der Waals surface area contributed by atoms with Gasteiger partial charge in [0.2, 0.25) is 0 Å². The Kier molecular flexibility index (Phi) is 4.56. The Morgan fingerprint density at radius 1 is 1.36 bits per heavy atom. The highest BCUT2D eigenvalue weighted by molar-refractivity contribution is 7.16. The molecule has 0 spiro atoms. The molecule has 1 aliphatic carbocycles. The van der Waals surface area contributed by atoms with E-state index in [2.05, 4.69) is 16.5 Å². The number of rotatable bonds is 2. The number of aromatic nitrogens is 2. The van der Waals surface area contributed by atoms with Crippen LogP contribution in [0.2, 0.25) is 0 Å². The van der Waals surface area contributed by atoms with E-state index in [1.165, 1.54) is 18.4 Å². The Balaban J connectivity index is 1.90. The molecular weight excluding hydrogens is 353 g/mol. The zero-order valence-corrected chi connectivity index (χ0v) is 14.2. The lowest BCUT2D eigenvalue weighted by atomic mass is 10.1. The predicted molar refractivity (Wildman–Crippen MR) is 86.5 cm³/mol. The van der Waals surface area contributed by atoms with Crippen molar-refractivity contribution in [3.63, 3.8) is 0 Å². The van der Waals surface area contributed by atoms with Gasteiger partial charge >= 0.3 is 6.18 Å². The number of carbonyl (C=O) groups excluding carboxylic acids is 1. The minimum atomic E-state index is -4.62. The summed E-state index contributed by atoms with van der Waals surface area (Å²) >= 11 is 1.33. The van der Waals surface area contributed by atoms with Crippen LogP contribution in [-0.2, 0) is 26.1 Å². The number of nitrogens with one attached hydrogen (secondary N) is 1. The van der Waals surface area contributed by atoms with Crippen LogP contribution in [-0.4, -0.2) is 15.7 Å². The first-order chi connectivity index (χ1) is 11.8. The number of nitriles is 1. The second-order valence-electron chi connectivity index (χ2n) is 5.87. The molecule has 3 rings (SSSR count). The van der Waals surface area contributed by atoms with Crippen molar-refractivity contribution in [3.05, 3.63) is 33.5 Å². The van der Waals surface area contributed by atoms with Crippen LogP contribution in [0.5, 0.6) is 0 Å². The maximum absolute atomic E-state index is 12.7. The number of thiophene rings is 1. The molecule has 25 heavy (non-hydrogen) atoms. The Morgan fingerprint density at radius 3 is 2.72 bits per heavy atom. The monoisotopic (exact) mass is 368 g/mol. The third kappa shape index (κ3) is 3.39. The summed E-state index contributed by atoms with van der Waals surface area (Å²) in [5.74, 6) is -0.710. The summed E-state index contributed by atoms with van der Waals surface area (Å²) in [6.45, 7) is 0. The number of anilines is 1. The fourth-order valence-corrected chi connectivity index (χ4v) is 4.17. The topological polar surface area (TPSA) is 70.7 Å². The van der Waals surface area contributed by atoms with E-state index in [4.69, 9.17) is 0 Å². The zero-order valence-electron chi connectivity index (χ0n) is 13.4. The summed E-state index contributed by atoms with van der Waals surface area (Å²) < 4.78 is 39.1. The van der Waals surface area contributed by atoms with Crippen LogP contribution in [0.4, 0.5) is 18.2 Å². The van der Waals surface area contributed by atoms with Crippen molar-refractivity contribution in [2.75, 3.05) is 5.32 Å². The highest BCUT2D eigenvalue weighted by atomic mass is 32.1. The predicted octanol–water partition coefficient (Wildman–Crippen LogP) is 3.89. The average Bonchev–Trinajstić information content (AvgIpc) is 2.99. The number of hydrogen-bond donors (Lipinski definition) is 1. The molecule has 1 aliphatic rings. The van der Waals surface area contributed by atoms with E-state index < -0.39 is 17.8 Å². The Labute approximate surface area is 146 Å². The Hall–Kier alpha value is -2.34. The zero-order chi connectivity index (χ0) is 18.2. The molecule has 0 aliphatic heterocycles. The van der Waals surface area contributed by atoms with Gasteiger partial charge in [0.1, 0.15) is 16.8 Å². The van der Waals surface area contributed by atoms with Crippen molar-refractivity contribution in [2.45, 2.75) is 38.3 Å². The van der Waals surface area contributed by atoms with Crippen molar-refractivity contribution in [2.24, 2.45) is 7.05 Å². The first-order valence-electron chi connectivity index (χ1n) is 7.78. The summed E-state index contributed by atoms with van der Waals surface area (Å²) in [7, 11) is 1.28. The maximum atomic E-state index is 12.7. The molecular formula is C16H15F3N4OS. The van der Waals surface area contributed by atoms with E-state index in [1.807, 2.05) is 0 Å². The van der Waals surface area contributed by atoms with E-state index in [0.717, 1.165) is 47.2 Å². The molecule has 0 atom stereocenters. The number of carbonyl (C=O) groups is 1. The number of hydrogen-bond acceptors (Lipinski definition) is 4. The highest BCUT2D eigenvalue weighted by Gasteiger charge is 2.35. The second-order valence-corrected chi connectivity index (χ2v) is 6.98. The quantitative estimate of drug-likeness (QED) is 0.818. The van der Waals surface area contributed by atoms with Crippen molar-refractivity contribution in [1.82, 2.24) is 9.78 Å². The molecule has 0 saturated carbocycles. The van der Waals surface area contributed by atoms with Gasteiger partial charge in [-0.25, -0.2) is 0 Å². The Morgan fingerprint density at radius 2 is 2.08 bits per heavy atom. The fraction of sp³-hybridized carbons (Fsp3) is 0.438. The smallest absolute Gasteiger partial charge is 0.311 e. The van der Waals surface area contributed by atoms with Crippen molar-refractivity contribution in [1.29, 1.82) is 5.26 Å². The van der Waals surface area contributed by atoms with E-state index in [0.29, 0.717) is 16.6 Å². The van der Waals surface area contributed by atoms with Crippen LogP contribution < -0.4 is 5.32 Å². The second kappa shape index (κ2) is 6.52. The molecule has 5 nitrogen and oxygen atoms in total. The highest BCUT2D eigenvalue weighted by Crippen LogP contribution is 2.37. The number of fused-ring (bicyclic) bond motifs is 1. The van der Waals surface area contributed by atoms with Gasteiger partial charge in [0.05, 0.1) is 5.56 Å². The van der Waals surface area contributed by atoms with Crippen LogP contribution >= 0.6 is 11.3 Å². The molecule has 0 radical (unpaired) electrons. The molecule has 0 bridgehead atoms. The molecule has 9 heteroatoms. The van der Waals surface area contributed by atoms with Gasteiger partial charge in [0.15, 0.2) is 5.69 Å². The third-order valence-corrected chi connectivity index (χ3v) is 5.37. The lowest BCUT2D eigenvalue weighted by Gasteiger charge is -2.04. The molecule has 0 fully saturated rings. The van der Waals surface area contributed by atoms with E-state index in [1.54, 1.807) is 0 Å². The van der Waals surface area contributed by atoms with E-state index in [9.17, 15) is 23.2 Å². The van der Waals surface area contributed by atoms with Crippen molar-refractivity contribution >= 4 is 22.2 Å². The standard InChI is InChI=1S/C16H15F3N4OS/c1-23-11(7-13(22-23)16(17,18)19)14(24)21-15-10(8-20)9-5-3-2-4-6-12(9)25-15/h7H,2-6H2,1H3,(H,21,24). The summed E-state index contributed by atoms with van der Waals surface area (Å²) in [5.41, 5.74) is 0.0529. The van der Waals surface area contributed by atoms with Crippen molar-refractivity contribution in [3.8, 4) is 6.07 Å². The number of alkyl halides is 3. The number of aryl methyl sites for hydroxylation is 2. The van der Waals surface area contributed by atoms with Gasteiger partial charge in [0.25, 0.3) is 5.91 Å². The summed E-state index contributed by atoms with van der Waals surface area (Å²) in [6.07, 6.45) is 0.144. The molecule has 0 aromatic carbocycles. The molecule has 2 heterocycles. The summed E-state index contributed by atoms with van der Waals surface area (Å²) in [6, 6.07) is 2.83. The van der Waals surface area contributed by atoms with Crippen LogP contribution in [0.25, 0.3) is 0 Å². The molecule has 1 amide bonds. The van der Waals surface area contributed by atoms with Gasteiger partial charge in [-0.15, -0.1) is 11.3 Å². The summed E-state index contributed by atoms with van der Waals surface area (Å²) in [4.78, 5) is 13.5. The van der Waals surface area contributed by atoms with Gasteiger partial charge in [-0.3, -0.25) is 9.48 Å². The lowest BCUT2D eigenvalue weighted by molar-refractivity contribution is -0.141. The van der Waals surface area contributed by atoms with Crippen LogP contribution in [0.1, 0.15) is 51.4 Å². The van der Waals surface area contributed by atoms with Crippen LogP contribution in [0, 0.1) is 11.3 Å². The summed E-state index contributed by atoms with van der Waals surface area (Å²) in [5, 5.41) is 15.8.